The molecule has 0 bridgehead atoms. The first-order valence-corrected chi connectivity index (χ1v) is 6.11. The van der Waals surface area contributed by atoms with Gasteiger partial charge >= 0.3 is 9.33 Å². The first kappa shape index (κ1) is 12.2. The summed E-state index contributed by atoms with van der Waals surface area (Å²) < 4.78 is 26.5. The molecule has 0 heterocycles. The van der Waals surface area contributed by atoms with Gasteiger partial charge in [-0.15, -0.1) is 0 Å². The Morgan fingerprint density at radius 2 is 1.58 bits per heavy atom. The van der Waals surface area contributed by atoms with Gasteiger partial charge in [-0.3, -0.25) is 4.55 Å². The summed E-state index contributed by atoms with van der Waals surface area (Å²) in [7, 11) is -0.137. The lowest BCUT2D eigenvalue weighted by molar-refractivity contribution is 0.501. The van der Waals surface area contributed by atoms with Crippen molar-refractivity contribution in [2.45, 2.75) is 0 Å². The molecule has 1 rings (SSSR count). The molecule has 0 fully saturated rings. The van der Waals surface area contributed by atoms with Gasteiger partial charge in [-0.1, -0.05) is 18.2 Å². The second kappa shape index (κ2) is 5.74. The molecule has 0 aromatic heterocycles. The summed E-state index contributed by atoms with van der Waals surface area (Å²) in [6.45, 7) is 0. The molecule has 0 spiro atoms. The van der Waals surface area contributed by atoms with Crippen LogP contribution in [0, 0.1) is 3.57 Å². The van der Waals surface area contributed by atoms with Crippen LogP contribution in [0.4, 0.5) is 0 Å². The van der Waals surface area contributed by atoms with Gasteiger partial charge in [-0.2, -0.15) is 8.42 Å². The molecule has 1 aromatic rings. The lowest BCUT2D eigenvalue weighted by Crippen LogP contribution is -1.77. The summed E-state index contributed by atoms with van der Waals surface area (Å²) in [5, 5.41) is 0. The minimum absolute atomic E-state index is 1.29. The van der Waals surface area contributed by atoms with Crippen molar-refractivity contribution in [3.63, 3.8) is 0 Å². The van der Waals surface area contributed by atoms with Crippen LogP contribution in [0.5, 0.6) is 0 Å². The molecule has 0 aliphatic rings. The van der Waals surface area contributed by atoms with E-state index in [1.54, 1.807) is 0 Å². The van der Waals surface area contributed by atoms with E-state index in [1.807, 2.05) is 18.2 Å². The number of hydrogen-bond donors (Lipinski definition) is 1. The van der Waals surface area contributed by atoms with Gasteiger partial charge in [0.2, 0.25) is 0 Å². The van der Waals surface area contributed by atoms with Gasteiger partial charge in [0.05, 0.1) is 0 Å². The van der Waals surface area contributed by atoms with Gasteiger partial charge in [0.15, 0.2) is 0 Å². The summed E-state index contributed by atoms with van der Waals surface area (Å²) in [5.74, 6) is 0. The van der Waals surface area contributed by atoms with E-state index in [-0.39, 0.29) is 0 Å². The highest BCUT2D eigenvalue weighted by molar-refractivity contribution is 14.1. The van der Waals surface area contributed by atoms with Gasteiger partial charge < -0.3 is 0 Å². The van der Waals surface area contributed by atoms with Crippen molar-refractivity contribution in [3.8, 4) is 0 Å². The van der Waals surface area contributed by atoms with E-state index in [0.717, 1.165) is 0 Å². The molecule has 0 aliphatic carbocycles. The molecule has 0 saturated heterocycles. The van der Waals surface area contributed by atoms with E-state index in [4.69, 9.17) is 13.0 Å². The number of halogens is 2. The fourth-order valence-electron chi connectivity index (χ4n) is 0.415. The van der Waals surface area contributed by atoms with Crippen molar-refractivity contribution in [2.24, 2.45) is 0 Å². The molecule has 1 N–H and O–H groups in total. The lowest BCUT2D eigenvalue weighted by atomic mass is 10.4. The molecule has 0 atom stereocenters. The first-order chi connectivity index (χ1) is 5.39. The maximum Gasteiger partial charge on any atom is 0.353 e. The van der Waals surface area contributed by atoms with Crippen LogP contribution in [0.1, 0.15) is 0 Å². The van der Waals surface area contributed by atoms with E-state index >= 15 is 0 Å². The third-order valence-electron chi connectivity index (χ3n) is 0.733. The summed E-state index contributed by atoms with van der Waals surface area (Å²) >= 11 is 2.28. The largest absolute Gasteiger partial charge is 0.353 e. The Labute approximate surface area is 89.1 Å². The van der Waals surface area contributed by atoms with Crippen LogP contribution >= 0.6 is 33.3 Å². The maximum absolute atomic E-state index is 8.95. The average molecular weight is 321 g/mol. The van der Waals surface area contributed by atoms with Crippen molar-refractivity contribution in [3.05, 3.63) is 33.9 Å². The minimum atomic E-state index is -4.19. The Hall–Kier alpha value is 0.150. The van der Waals surface area contributed by atoms with E-state index in [1.165, 1.54) is 3.57 Å². The molecule has 0 saturated carbocycles. The van der Waals surface area contributed by atoms with Crippen molar-refractivity contribution in [1.82, 2.24) is 0 Å². The molecular formula is C6H6ClIO3S. The van der Waals surface area contributed by atoms with Crippen LogP contribution in [-0.2, 0) is 9.33 Å². The zero-order valence-corrected chi connectivity index (χ0v) is 9.54. The lowest BCUT2D eigenvalue weighted by Gasteiger charge is -1.80. The predicted octanol–water partition coefficient (Wildman–Crippen LogP) is 2.32. The normalized spacial score (nSPS) is 9.92. The fourth-order valence-corrected chi connectivity index (χ4v) is 0.830. The van der Waals surface area contributed by atoms with Gasteiger partial charge in [-0.25, -0.2) is 0 Å². The highest BCUT2D eigenvalue weighted by Gasteiger charge is 1.86. The quantitative estimate of drug-likeness (QED) is 0.453. The van der Waals surface area contributed by atoms with Crippen LogP contribution in [0.2, 0.25) is 0 Å². The first-order valence-electron chi connectivity index (χ1n) is 2.77. The Balaban J connectivity index is 0.000000217. The standard InChI is InChI=1S/C6H5I.ClHO3S/c7-6-4-2-1-3-5-6;1-5(2,3)4/h1-5H;(H,2,3,4). The van der Waals surface area contributed by atoms with Crippen molar-refractivity contribution in [2.75, 3.05) is 0 Å². The van der Waals surface area contributed by atoms with E-state index in [2.05, 4.69) is 45.4 Å². The van der Waals surface area contributed by atoms with E-state index in [9.17, 15) is 0 Å². The minimum Gasteiger partial charge on any atom is -0.273 e. The molecule has 0 aliphatic heterocycles. The zero-order chi connectivity index (χ0) is 9.61. The van der Waals surface area contributed by atoms with Gasteiger partial charge in [-0.05, 0) is 34.7 Å². The van der Waals surface area contributed by atoms with Gasteiger partial charge in [0.1, 0.15) is 0 Å². The average Bonchev–Trinajstić information content (AvgIpc) is 1.85. The Bertz CT molecular complexity index is 303. The second-order valence-corrected chi connectivity index (χ2v) is 4.95. The molecular weight excluding hydrogens is 314 g/mol. The summed E-state index contributed by atoms with van der Waals surface area (Å²) in [6.07, 6.45) is 0. The third kappa shape index (κ3) is 12.8. The molecule has 0 amide bonds. The highest BCUT2D eigenvalue weighted by Crippen LogP contribution is 1.99. The second-order valence-electron chi connectivity index (χ2n) is 1.71. The highest BCUT2D eigenvalue weighted by atomic mass is 127. The Morgan fingerprint density at radius 1 is 1.25 bits per heavy atom. The molecule has 1 aromatic carbocycles. The molecule has 0 radical (unpaired) electrons. The summed E-state index contributed by atoms with van der Waals surface area (Å²) in [4.78, 5) is 0. The SMILES string of the molecule is Ic1ccccc1.O=S(=O)(O)Cl. The van der Waals surface area contributed by atoms with Crippen LogP contribution in [0.3, 0.4) is 0 Å². The third-order valence-corrected chi connectivity index (χ3v) is 1.45. The summed E-state index contributed by atoms with van der Waals surface area (Å²) in [6, 6.07) is 10.2. The van der Waals surface area contributed by atoms with Crippen LogP contribution in [0.25, 0.3) is 0 Å². The summed E-state index contributed by atoms with van der Waals surface area (Å²) in [5.41, 5.74) is 0. The Kier molecular flexibility index (Phi) is 5.81. The van der Waals surface area contributed by atoms with Crippen molar-refractivity contribution >= 4 is 42.6 Å². The number of hydrogen-bond acceptors (Lipinski definition) is 2. The Morgan fingerprint density at radius 3 is 1.75 bits per heavy atom. The molecule has 68 valence electrons. The molecule has 0 unspecified atom stereocenters. The predicted molar refractivity (Wildman–Crippen MR) is 56.6 cm³/mol. The van der Waals surface area contributed by atoms with E-state index in [0.29, 0.717) is 0 Å². The maximum atomic E-state index is 8.95. The fraction of sp³-hybridized carbons (Fsp3) is 0. The smallest absolute Gasteiger partial charge is 0.273 e. The topological polar surface area (TPSA) is 54.4 Å². The van der Waals surface area contributed by atoms with Crippen LogP contribution in [-0.4, -0.2) is 13.0 Å². The number of benzene rings is 1. The van der Waals surface area contributed by atoms with Crippen LogP contribution < -0.4 is 0 Å². The molecule has 6 heteroatoms. The monoisotopic (exact) mass is 320 g/mol. The van der Waals surface area contributed by atoms with Crippen LogP contribution in [0.15, 0.2) is 30.3 Å². The number of rotatable bonds is 0. The van der Waals surface area contributed by atoms with Crippen molar-refractivity contribution in [1.29, 1.82) is 0 Å². The molecule has 3 nitrogen and oxygen atoms in total. The van der Waals surface area contributed by atoms with E-state index < -0.39 is 9.33 Å². The van der Waals surface area contributed by atoms with Crippen molar-refractivity contribution < 1.29 is 13.0 Å². The zero-order valence-electron chi connectivity index (χ0n) is 5.81. The van der Waals surface area contributed by atoms with Gasteiger partial charge in [0.25, 0.3) is 0 Å². The molecule has 12 heavy (non-hydrogen) atoms. The van der Waals surface area contributed by atoms with Gasteiger partial charge in [0, 0.05) is 14.3 Å².